The van der Waals surface area contributed by atoms with Crippen LogP contribution in [0.1, 0.15) is 17.0 Å². The molecule has 1 amide bonds. The van der Waals surface area contributed by atoms with Gasteiger partial charge in [-0.25, -0.2) is 0 Å². The molecule has 1 aromatic carbocycles. The summed E-state index contributed by atoms with van der Waals surface area (Å²) in [5.74, 6) is -0.425. The Balaban J connectivity index is 2.36. The van der Waals surface area contributed by atoms with Crippen LogP contribution in [0.4, 0.5) is 0 Å². The number of amides is 1. The highest BCUT2D eigenvalue weighted by molar-refractivity contribution is 6.40. The van der Waals surface area contributed by atoms with Crippen molar-refractivity contribution in [3.05, 3.63) is 40.9 Å². The van der Waals surface area contributed by atoms with Crippen LogP contribution in [-0.4, -0.2) is 23.0 Å². The lowest BCUT2D eigenvalue weighted by molar-refractivity contribution is -0.117. The maximum Gasteiger partial charge on any atom is 0.364 e. The molecule has 1 aromatic rings. The molecule has 0 spiro atoms. The first-order valence-electron chi connectivity index (χ1n) is 4.79. The topological polar surface area (TPSA) is 65.5 Å². The Morgan fingerprint density at radius 1 is 1.40 bits per heavy atom. The highest BCUT2D eigenvalue weighted by atomic mass is 16.2. The van der Waals surface area contributed by atoms with Gasteiger partial charge in [-0.3, -0.25) is 4.79 Å². The third-order valence-corrected chi connectivity index (χ3v) is 2.62. The third kappa shape index (κ3) is 1.67. The average Bonchev–Trinajstić information content (AvgIpc) is 2.61. The van der Waals surface area contributed by atoms with E-state index in [0.29, 0.717) is 6.54 Å². The Kier molecular flexibility index (Phi) is 2.35. The van der Waals surface area contributed by atoms with Crippen LogP contribution in [-0.2, 0) is 4.79 Å². The normalized spacial score (nSPS) is 19.9. The van der Waals surface area contributed by atoms with Gasteiger partial charge in [0, 0.05) is 6.54 Å². The van der Waals surface area contributed by atoms with Crippen molar-refractivity contribution in [1.29, 1.82) is 0 Å². The van der Waals surface area contributed by atoms with Gasteiger partial charge in [-0.15, -0.1) is 0 Å². The van der Waals surface area contributed by atoms with Gasteiger partial charge in [-0.2, -0.15) is 4.79 Å². The molecule has 76 valence electrons. The molecule has 1 N–H and O–H groups in total. The van der Waals surface area contributed by atoms with Crippen molar-refractivity contribution in [2.24, 2.45) is 0 Å². The van der Waals surface area contributed by atoms with E-state index < -0.39 is 0 Å². The molecule has 0 bridgehead atoms. The molecule has 1 aliphatic rings. The van der Waals surface area contributed by atoms with E-state index in [0.717, 1.165) is 5.56 Å². The van der Waals surface area contributed by atoms with Crippen molar-refractivity contribution < 1.29 is 9.58 Å². The molecule has 0 aliphatic carbocycles. The molecular weight excluding hydrogens is 190 g/mol. The summed E-state index contributed by atoms with van der Waals surface area (Å²) in [7, 11) is 0. The molecule has 1 unspecified atom stereocenters. The van der Waals surface area contributed by atoms with E-state index in [4.69, 9.17) is 5.53 Å². The SMILES string of the molecule is Cc1ccc(C2CNC(=O)C2=[N+]=[N-])cc1. The summed E-state index contributed by atoms with van der Waals surface area (Å²) in [5.41, 5.74) is 11.1. The van der Waals surface area contributed by atoms with Crippen molar-refractivity contribution >= 4 is 11.6 Å². The maximum absolute atomic E-state index is 11.3. The highest BCUT2D eigenvalue weighted by Crippen LogP contribution is 2.20. The number of nitrogens with one attached hydrogen (secondary N) is 1. The molecule has 1 fully saturated rings. The van der Waals surface area contributed by atoms with Crippen molar-refractivity contribution in [2.45, 2.75) is 12.8 Å². The highest BCUT2D eigenvalue weighted by Gasteiger charge is 2.38. The lowest BCUT2D eigenvalue weighted by Crippen LogP contribution is -2.19. The summed E-state index contributed by atoms with van der Waals surface area (Å²) < 4.78 is 0. The van der Waals surface area contributed by atoms with Gasteiger partial charge in [0.05, 0.1) is 0 Å². The van der Waals surface area contributed by atoms with Gasteiger partial charge in [-0.1, -0.05) is 29.8 Å². The zero-order valence-corrected chi connectivity index (χ0v) is 8.40. The average molecular weight is 201 g/mol. The molecule has 15 heavy (non-hydrogen) atoms. The quantitative estimate of drug-likeness (QED) is 0.532. The Morgan fingerprint density at radius 3 is 2.67 bits per heavy atom. The van der Waals surface area contributed by atoms with E-state index in [1.165, 1.54) is 5.56 Å². The second-order valence-electron chi connectivity index (χ2n) is 3.66. The van der Waals surface area contributed by atoms with E-state index >= 15 is 0 Å². The summed E-state index contributed by atoms with van der Waals surface area (Å²) >= 11 is 0. The van der Waals surface area contributed by atoms with E-state index in [2.05, 4.69) is 10.1 Å². The number of hydrogen-bond donors (Lipinski definition) is 1. The van der Waals surface area contributed by atoms with Gasteiger partial charge in [0.1, 0.15) is 5.92 Å². The van der Waals surface area contributed by atoms with Crippen LogP contribution in [0.15, 0.2) is 24.3 Å². The van der Waals surface area contributed by atoms with E-state index in [1.54, 1.807) is 0 Å². The standard InChI is InChI=1S/C11H11N3O/c1-7-2-4-8(5-3-7)9-6-13-11(15)10(9)14-12/h2-5,9H,6H2,1H3,(H,13,15). The molecular formula is C11H11N3O. The Hall–Kier alpha value is -1.93. The van der Waals surface area contributed by atoms with Gasteiger partial charge in [0.15, 0.2) is 0 Å². The van der Waals surface area contributed by atoms with Crippen molar-refractivity contribution in [2.75, 3.05) is 6.54 Å². The Morgan fingerprint density at radius 2 is 2.07 bits per heavy atom. The fourth-order valence-corrected chi connectivity index (χ4v) is 1.73. The van der Waals surface area contributed by atoms with Crippen LogP contribution >= 0.6 is 0 Å². The zero-order chi connectivity index (χ0) is 10.8. The number of nitrogens with zero attached hydrogens (tertiary/aromatic N) is 2. The molecule has 1 atom stereocenters. The van der Waals surface area contributed by atoms with Gasteiger partial charge in [-0.05, 0) is 12.5 Å². The molecule has 1 heterocycles. The third-order valence-electron chi connectivity index (χ3n) is 2.62. The van der Waals surface area contributed by atoms with E-state index in [-0.39, 0.29) is 17.5 Å². The summed E-state index contributed by atoms with van der Waals surface area (Å²) in [6.45, 7) is 2.50. The van der Waals surface area contributed by atoms with Crippen LogP contribution in [0.2, 0.25) is 0 Å². The van der Waals surface area contributed by atoms with Crippen LogP contribution in [0.5, 0.6) is 0 Å². The predicted molar refractivity (Wildman–Crippen MR) is 55.6 cm³/mol. The summed E-state index contributed by atoms with van der Waals surface area (Å²) in [5, 5.41) is 2.65. The fourth-order valence-electron chi connectivity index (χ4n) is 1.73. The number of benzene rings is 1. The molecule has 0 aromatic heterocycles. The Labute approximate surface area is 87.5 Å². The number of hydrogen-bond acceptors (Lipinski definition) is 1. The van der Waals surface area contributed by atoms with Crippen molar-refractivity contribution in [3.63, 3.8) is 0 Å². The first-order valence-corrected chi connectivity index (χ1v) is 4.79. The van der Waals surface area contributed by atoms with Crippen LogP contribution in [0.3, 0.4) is 0 Å². The predicted octanol–water partition coefficient (Wildman–Crippen LogP) is 0.879. The molecule has 4 nitrogen and oxygen atoms in total. The first-order chi connectivity index (χ1) is 7.22. The second-order valence-corrected chi connectivity index (χ2v) is 3.66. The summed E-state index contributed by atoms with van der Waals surface area (Å²) in [4.78, 5) is 14.3. The lowest BCUT2D eigenvalue weighted by atomic mass is 9.96. The first kappa shape index (κ1) is 9.62. The minimum absolute atomic E-state index is 0.136. The van der Waals surface area contributed by atoms with Crippen molar-refractivity contribution in [3.8, 4) is 0 Å². The summed E-state index contributed by atoms with van der Waals surface area (Å²) in [6, 6.07) is 7.86. The largest absolute Gasteiger partial charge is 0.364 e. The zero-order valence-electron chi connectivity index (χ0n) is 8.40. The maximum atomic E-state index is 11.3. The molecule has 1 saturated heterocycles. The van der Waals surface area contributed by atoms with Gasteiger partial charge in [0.2, 0.25) is 0 Å². The number of rotatable bonds is 1. The molecule has 4 heteroatoms. The smallest absolute Gasteiger partial charge is 0.361 e. The van der Waals surface area contributed by atoms with Crippen LogP contribution in [0, 0.1) is 6.92 Å². The van der Waals surface area contributed by atoms with E-state index in [1.807, 2.05) is 31.2 Å². The monoisotopic (exact) mass is 201 g/mol. The van der Waals surface area contributed by atoms with Crippen LogP contribution < -0.4 is 5.32 Å². The molecule has 0 saturated carbocycles. The van der Waals surface area contributed by atoms with E-state index in [9.17, 15) is 4.79 Å². The van der Waals surface area contributed by atoms with Gasteiger partial charge in [0.25, 0.3) is 0 Å². The molecule has 0 radical (unpaired) electrons. The minimum atomic E-state index is -0.289. The second kappa shape index (κ2) is 3.67. The number of aryl methyl sites for hydroxylation is 1. The van der Waals surface area contributed by atoms with Crippen LogP contribution in [0.25, 0.3) is 5.53 Å². The number of carbonyl (C=O) groups excluding carboxylic acids is 1. The number of carbonyl (C=O) groups is 1. The minimum Gasteiger partial charge on any atom is -0.361 e. The lowest BCUT2D eigenvalue weighted by Gasteiger charge is -2.03. The van der Waals surface area contributed by atoms with Crippen molar-refractivity contribution in [1.82, 2.24) is 5.32 Å². The molecule has 2 rings (SSSR count). The van der Waals surface area contributed by atoms with Gasteiger partial charge >= 0.3 is 11.6 Å². The fraction of sp³-hybridized carbons (Fsp3) is 0.273. The summed E-state index contributed by atoms with van der Waals surface area (Å²) in [6.07, 6.45) is 0. The Bertz CT molecular complexity index is 443. The molecule has 1 aliphatic heterocycles. The van der Waals surface area contributed by atoms with Gasteiger partial charge < -0.3 is 10.8 Å².